The Labute approximate surface area is 156 Å². The fourth-order valence-electron chi connectivity index (χ4n) is 3.40. The van der Waals surface area contributed by atoms with Gasteiger partial charge >= 0.3 is 6.01 Å². The van der Waals surface area contributed by atoms with Crippen LogP contribution in [0.1, 0.15) is 12.8 Å². The first kappa shape index (κ1) is 17.3. The maximum Gasteiger partial charge on any atom is 0.316 e. The molecule has 8 nitrogen and oxygen atoms in total. The van der Waals surface area contributed by atoms with Crippen LogP contribution in [-0.4, -0.2) is 58.0 Å². The number of rotatable bonds is 6. The predicted octanol–water partition coefficient (Wildman–Crippen LogP) is 1.21. The Hall–Kier alpha value is -3.16. The molecule has 8 heteroatoms. The molecule has 0 aromatic carbocycles. The van der Waals surface area contributed by atoms with Crippen molar-refractivity contribution in [2.45, 2.75) is 24.9 Å². The number of amides is 1. The van der Waals surface area contributed by atoms with Crippen molar-refractivity contribution in [3.63, 3.8) is 0 Å². The normalized spacial score (nSPS) is 16.6. The number of aromatic nitrogens is 3. The topological polar surface area (TPSA) is 91.4 Å². The molecule has 140 valence electrons. The van der Waals surface area contributed by atoms with E-state index in [9.17, 15) is 9.59 Å². The minimum atomic E-state index is -0.139. The highest BCUT2D eigenvalue weighted by atomic mass is 16.5. The van der Waals surface area contributed by atoms with E-state index in [1.54, 1.807) is 23.4 Å². The third kappa shape index (κ3) is 3.30. The van der Waals surface area contributed by atoms with Crippen LogP contribution in [0.15, 0.2) is 42.0 Å². The van der Waals surface area contributed by atoms with Gasteiger partial charge in [-0.15, -0.1) is 0 Å². The van der Waals surface area contributed by atoms with E-state index in [4.69, 9.17) is 4.74 Å². The Morgan fingerprint density at radius 2 is 2.19 bits per heavy atom. The van der Waals surface area contributed by atoms with Crippen LogP contribution >= 0.6 is 0 Å². The zero-order chi connectivity index (χ0) is 19.0. The highest BCUT2D eigenvalue weighted by Gasteiger charge is 2.42. The van der Waals surface area contributed by atoms with Crippen molar-refractivity contribution >= 4 is 11.6 Å². The molecule has 1 saturated heterocycles. The number of ether oxygens (including phenoxy) is 1. The lowest BCUT2D eigenvalue weighted by Crippen LogP contribution is -2.62. The summed E-state index contributed by atoms with van der Waals surface area (Å²) in [5.41, 5.74) is 1.94. The lowest BCUT2D eigenvalue weighted by Gasteiger charge is -2.46. The number of carbonyl (C=O) groups is 1. The second-order valence-corrected chi connectivity index (χ2v) is 6.77. The van der Waals surface area contributed by atoms with Crippen LogP contribution in [0.2, 0.25) is 0 Å². The molecule has 1 amide bonds. The number of aromatic amines is 1. The molecular weight excluding hydrogens is 346 g/mol. The summed E-state index contributed by atoms with van der Waals surface area (Å²) in [6.45, 7) is 4.74. The third-order valence-corrected chi connectivity index (χ3v) is 4.96. The minimum Gasteiger partial charge on any atom is -0.467 e. The van der Waals surface area contributed by atoms with Crippen LogP contribution in [0.3, 0.4) is 0 Å². The highest BCUT2D eigenvalue weighted by Crippen LogP contribution is 2.35. The van der Waals surface area contributed by atoms with E-state index < -0.39 is 0 Å². The summed E-state index contributed by atoms with van der Waals surface area (Å²) in [5, 5.41) is 0. The predicted molar refractivity (Wildman–Crippen MR) is 101 cm³/mol. The molecule has 2 aliphatic rings. The minimum absolute atomic E-state index is 0.0715. The van der Waals surface area contributed by atoms with E-state index in [0.717, 1.165) is 18.4 Å². The number of methoxy groups -OCH3 is 1. The number of hydrogen-bond acceptors (Lipinski definition) is 6. The van der Waals surface area contributed by atoms with Gasteiger partial charge in [-0.05, 0) is 31.1 Å². The molecule has 2 aromatic heterocycles. The molecule has 0 unspecified atom stereocenters. The summed E-state index contributed by atoms with van der Waals surface area (Å²) in [6.07, 6.45) is 6.70. The van der Waals surface area contributed by atoms with Gasteiger partial charge in [0.2, 0.25) is 5.91 Å². The summed E-state index contributed by atoms with van der Waals surface area (Å²) in [7, 11) is 1.51. The number of H-pyrrole nitrogens is 1. The molecule has 3 heterocycles. The van der Waals surface area contributed by atoms with Crippen molar-refractivity contribution < 1.29 is 9.53 Å². The monoisotopic (exact) mass is 367 g/mol. The number of nitrogens with one attached hydrogen (secondary N) is 1. The van der Waals surface area contributed by atoms with Crippen LogP contribution in [-0.2, 0) is 4.79 Å². The van der Waals surface area contributed by atoms with Gasteiger partial charge in [-0.2, -0.15) is 4.98 Å². The molecule has 1 aliphatic heterocycles. The molecule has 4 rings (SSSR count). The molecule has 0 radical (unpaired) electrons. The second-order valence-electron chi connectivity index (χ2n) is 6.77. The Bertz CT molecular complexity index is 931. The standard InChI is InChI=1S/C19H21N5O3/c1-3-17(25)23-10-14(11-23)24(13-4-5-13)16-8-12(9-21-18(16)26)15-6-7-20-19(22-15)27-2/h3,6-9,13-14H,1,4-5,10-11H2,2H3,(H,21,26). The van der Waals surface area contributed by atoms with Crippen molar-refractivity contribution in [3.05, 3.63) is 47.5 Å². The number of carbonyl (C=O) groups excluding carboxylic acids is 1. The molecule has 1 saturated carbocycles. The van der Waals surface area contributed by atoms with E-state index in [0.29, 0.717) is 30.5 Å². The first-order valence-electron chi connectivity index (χ1n) is 8.90. The van der Waals surface area contributed by atoms with Crippen LogP contribution in [0, 0.1) is 0 Å². The van der Waals surface area contributed by atoms with E-state index in [2.05, 4.69) is 26.4 Å². The average molecular weight is 367 g/mol. The molecule has 1 N–H and O–H groups in total. The van der Waals surface area contributed by atoms with Crippen molar-refractivity contribution in [2.24, 2.45) is 0 Å². The molecule has 0 bridgehead atoms. The van der Waals surface area contributed by atoms with Gasteiger partial charge in [0.15, 0.2) is 0 Å². The Kier molecular flexibility index (Phi) is 4.39. The second kappa shape index (κ2) is 6.86. The number of pyridine rings is 1. The molecule has 0 spiro atoms. The van der Waals surface area contributed by atoms with Gasteiger partial charge < -0.3 is 19.5 Å². The first-order valence-corrected chi connectivity index (χ1v) is 8.90. The van der Waals surface area contributed by atoms with Crippen molar-refractivity contribution in [3.8, 4) is 17.3 Å². The van der Waals surface area contributed by atoms with Crippen molar-refractivity contribution in [1.29, 1.82) is 0 Å². The van der Waals surface area contributed by atoms with Gasteiger partial charge in [-0.3, -0.25) is 9.59 Å². The smallest absolute Gasteiger partial charge is 0.316 e. The number of anilines is 1. The first-order chi connectivity index (χ1) is 13.1. The number of hydrogen-bond donors (Lipinski definition) is 1. The Balaban J connectivity index is 1.64. The van der Waals surface area contributed by atoms with Crippen LogP contribution in [0.25, 0.3) is 11.3 Å². The highest BCUT2D eigenvalue weighted by molar-refractivity contribution is 5.88. The van der Waals surface area contributed by atoms with Gasteiger partial charge in [-0.25, -0.2) is 4.98 Å². The summed E-state index contributed by atoms with van der Waals surface area (Å²) in [4.78, 5) is 39.4. The summed E-state index contributed by atoms with van der Waals surface area (Å²) < 4.78 is 5.09. The Morgan fingerprint density at radius 3 is 2.85 bits per heavy atom. The van der Waals surface area contributed by atoms with Crippen LogP contribution in [0.4, 0.5) is 5.69 Å². The van der Waals surface area contributed by atoms with Gasteiger partial charge in [0, 0.05) is 37.1 Å². The lowest BCUT2D eigenvalue weighted by molar-refractivity contribution is -0.130. The molecule has 1 aliphatic carbocycles. The Morgan fingerprint density at radius 1 is 1.41 bits per heavy atom. The number of nitrogens with zero attached hydrogens (tertiary/aromatic N) is 4. The molecule has 27 heavy (non-hydrogen) atoms. The molecule has 0 atom stereocenters. The van der Waals surface area contributed by atoms with Gasteiger partial charge in [0.1, 0.15) is 5.69 Å². The van der Waals surface area contributed by atoms with E-state index in [1.165, 1.54) is 13.2 Å². The maximum absolute atomic E-state index is 12.6. The van der Waals surface area contributed by atoms with Crippen LogP contribution in [0.5, 0.6) is 6.01 Å². The quantitative estimate of drug-likeness (QED) is 0.772. The molecular formula is C19H21N5O3. The van der Waals surface area contributed by atoms with E-state index in [1.807, 2.05) is 6.07 Å². The zero-order valence-corrected chi connectivity index (χ0v) is 15.1. The molecule has 2 aromatic rings. The molecule has 2 fully saturated rings. The average Bonchev–Trinajstić information content (AvgIpc) is 3.49. The summed E-state index contributed by atoms with van der Waals surface area (Å²) in [5.74, 6) is -0.0715. The SMILES string of the molecule is C=CC(=O)N1CC(N(c2cc(-c3ccnc(OC)n3)c[nH]c2=O)C2CC2)C1. The van der Waals surface area contributed by atoms with Gasteiger partial charge in [0.25, 0.3) is 5.56 Å². The van der Waals surface area contributed by atoms with Gasteiger partial charge in [0.05, 0.1) is 18.8 Å². The van der Waals surface area contributed by atoms with Crippen molar-refractivity contribution in [1.82, 2.24) is 19.9 Å². The van der Waals surface area contributed by atoms with Crippen LogP contribution < -0.4 is 15.2 Å². The van der Waals surface area contributed by atoms with Crippen molar-refractivity contribution in [2.75, 3.05) is 25.1 Å². The number of likely N-dealkylation sites (tertiary alicyclic amines) is 1. The zero-order valence-electron chi connectivity index (χ0n) is 15.1. The largest absolute Gasteiger partial charge is 0.467 e. The maximum atomic E-state index is 12.6. The summed E-state index contributed by atoms with van der Waals surface area (Å²) in [6, 6.07) is 4.38. The third-order valence-electron chi connectivity index (χ3n) is 4.96. The fourth-order valence-corrected chi connectivity index (χ4v) is 3.40. The summed E-state index contributed by atoms with van der Waals surface area (Å²) >= 11 is 0. The van der Waals surface area contributed by atoms with Gasteiger partial charge in [-0.1, -0.05) is 6.58 Å². The lowest BCUT2D eigenvalue weighted by atomic mass is 10.0. The van der Waals surface area contributed by atoms with E-state index in [-0.39, 0.29) is 23.5 Å². The fraction of sp³-hybridized carbons (Fsp3) is 0.368. The van der Waals surface area contributed by atoms with E-state index >= 15 is 0 Å².